The number of nitrogens with zero attached hydrogens (tertiary/aromatic N) is 6. The largest absolute Gasteiger partial charge is 0.381 e. The molecule has 0 amide bonds. The van der Waals surface area contributed by atoms with Crippen LogP contribution in [0.4, 0.5) is 11.8 Å². The fourth-order valence-corrected chi connectivity index (χ4v) is 3.58. The molecule has 2 aromatic heterocycles. The minimum absolute atomic E-state index is 0.497. The predicted octanol–water partition coefficient (Wildman–Crippen LogP) is 2.05. The van der Waals surface area contributed by atoms with E-state index in [4.69, 9.17) is 4.74 Å². The molecule has 7 nitrogen and oxygen atoms in total. The fourth-order valence-electron chi connectivity index (χ4n) is 3.58. The number of rotatable bonds is 4. The number of aromatic nitrogens is 4. The molecule has 0 aliphatic carbocycles. The first-order valence-electron chi connectivity index (χ1n) is 9.54. The van der Waals surface area contributed by atoms with Gasteiger partial charge in [0.15, 0.2) is 0 Å². The Bertz CT molecular complexity index is 708. The van der Waals surface area contributed by atoms with E-state index in [0.29, 0.717) is 5.92 Å². The SMILES string of the molecule is CCc1cnc(N2CCN(c3cc(C4CCOCC4)ncn3)CC2)nc1. The summed E-state index contributed by atoms with van der Waals surface area (Å²) in [6.07, 6.45) is 8.64. The lowest BCUT2D eigenvalue weighted by Gasteiger charge is -2.35. The van der Waals surface area contributed by atoms with Gasteiger partial charge in [0.05, 0.1) is 0 Å². The third-order valence-corrected chi connectivity index (χ3v) is 5.30. The van der Waals surface area contributed by atoms with E-state index in [1.165, 1.54) is 5.56 Å². The van der Waals surface area contributed by atoms with Gasteiger partial charge in [-0.2, -0.15) is 0 Å². The summed E-state index contributed by atoms with van der Waals surface area (Å²) in [6.45, 7) is 7.43. The minimum Gasteiger partial charge on any atom is -0.381 e. The molecule has 0 N–H and O–H groups in total. The Morgan fingerprint density at radius 1 is 0.962 bits per heavy atom. The molecule has 0 saturated carbocycles. The molecule has 0 atom stereocenters. The van der Waals surface area contributed by atoms with Crippen molar-refractivity contribution in [2.75, 3.05) is 49.2 Å². The van der Waals surface area contributed by atoms with E-state index in [1.807, 2.05) is 12.4 Å². The summed E-state index contributed by atoms with van der Waals surface area (Å²) in [5.74, 6) is 2.35. The molecule has 2 fully saturated rings. The molecular weight excluding hydrogens is 328 g/mol. The quantitative estimate of drug-likeness (QED) is 0.832. The first-order chi connectivity index (χ1) is 12.8. The van der Waals surface area contributed by atoms with Gasteiger partial charge in [0.1, 0.15) is 12.1 Å². The molecule has 0 radical (unpaired) electrons. The summed E-state index contributed by atoms with van der Waals surface area (Å²) < 4.78 is 5.46. The molecule has 4 heterocycles. The monoisotopic (exact) mass is 354 g/mol. The van der Waals surface area contributed by atoms with Crippen molar-refractivity contribution in [3.63, 3.8) is 0 Å². The van der Waals surface area contributed by atoms with Gasteiger partial charge < -0.3 is 14.5 Å². The number of hydrogen-bond donors (Lipinski definition) is 0. The van der Waals surface area contributed by atoms with Gasteiger partial charge in [-0.1, -0.05) is 6.92 Å². The summed E-state index contributed by atoms with van der Waals surface area (Å²) in [4.78, 5) is 22.6. The van der Waals surface area contributed by atoms with Crippen molar-refractivity contribution in [3.8, 4) is 0 Å². The lowest BCUT2D eigenvalue weighted by Crippen LogP contribution is -2.47. The van der Waals surface area contributed by atoms with Gasteiger partial charge in [0.25, 0.3) is 0 Å². The fraction of sp³-hybridized carbons (Fsp3) is 0.579. The molecule has 0 bridgehead atoms. The maximum Gasteiger partial charge on any atom is 0.225 e. The Balaban J connectivity index is 1.39. The molecule has 138 valence electrons. The molecule has 0 aromatic carbocycles. The van der Waals surface area contributed by atoms with E-state index in [9.17, 15) is 0 Å². The van der Waals surface area contributed by atoms with Crippen LogP contribution in [0.2, 0.25) is 0 Å². The summed E-state index contributed by atoms with van der Waals surface area (Å²) in [7, 11) is 0. The molecule has 0 spiro atoms. The van der Waals surface area contributed by atoms with Gasteiger partial charge >= 0.3 is 0 Å². The van der Waals surface area contributed by atoms with E-state index < -0.39 is 0 Å². The van der Waals surface area contributed by atoms with Crippen molar-refractivity contribution >= 4 is 11.8 Å². The second-order valence-electron chi connectivity index (χ2n) is 6.91. The average Bonchev–Trinajstić information content (AvgIpc) is 2.75. The molecular formula is C19H26N6O. The minimum atomic E-state index is 0.497. The average molecular weight is 354 g/mol. The summed E-state index contributed by atoms with van der Waals surface area (Å²) >= 11 is 0. The Morgan fingerprint density at radius 2 is 1.65 bits per heavy atom. The molecule has 26 heavy (non-hydrogen) atoms. The predicted molar refractivity (Wildman–Crippen MR) is 101 cm³/mol. The highest BCUT2D eigenvalue weighted by Crippen LogP contribution is 2.27. The lowest BCUT2D eigenvalue weighted by atomic mass is 9.96. The standard InChI is InChI=1S/C19H26N6O/c1-2-15-12-20-19(21-13-15)25-7-5-24(6-8-25)18-11-17(22-14-23-18)16-3-9-26-10-4-16/h11-14,16H,2-10H2,1H3. The molecule has 2 aliphatic rings. The molecule has 2 saturated heterocycles. The van der Waals surface area contributed by atoms with Gasteiger partial charge in [-0.15, -0.1) is 0 Å². The second kappa shape index (κ2) is 7.95. The molecule has 7 heteroatoms. The second-order valence-corrected chi connectivity index (χ2v) is 6.91. The maximum absolute atomic E-state index is 5.46. The zero-order valence-corrected chi connectivity index (χ0v) is 15.3. The highest BCUT2D eigenvalue weighted by molar-refractivity contribution is 5.43. The van der Waals surface area contributed by atoms with Gasteiger partial charge in [-0.25, -0.2) is 19.9 Å². The van der Waals surface area contributed by atoms with E-state index in [2.05, 4.69) is 42.7 Å². The Labute approximate surface area is 154 Å². The van der Waals surface area contributed by atoms with E-state index in [0.717, 1.165) is 76.1 Å². The van der Waals surface area contributed by atoms with Crippen LogP contribution in [0.3, 0.4) is 0 Å². The van der Waals surface area contributed by atoms with Crippen LogP contribution in [0.25, 0.3) is 0 Å². The third-order valence-electron chi connectivity index (χ3n) is 5.30. The van der Waals surface area contributed by atoms with Crippen LogP contribution in [0.5, 0.6) is 0 Å². The maximum atomic E-state index is 5.46. The van der Waals surface area contributed by atoms with Crippen molar-refractivity contribution in [3.05, 3.63) is 36.0 Å². The van der Waals surface area contributed by atoms with Crippen LogP contribution in [0.15, 0.2) is 24.8 Å². The number of hydrogen-bond acceptors (Lipinski definition) is 7. The van der Waals surface area contributed by atoms with Gasteiger partial charge in [0.2, 0.25) is 5.95 Å². The number of piperazine rings is 1. The summed E-state index contributed by atoms with van der Waals surface area (Å²) in [5, 5.41) is 0. The van der Waals surface area contributed by atoms with E-state index in [1.54, 1.807) is 6.33 Å². The Kier molecular flexibility index (Phi) is 5.24. The summed E-state index contributed by atoms with van der Waals surface area (Å²) in [6, 6.07) is 2.16. The number of ether oxygens (including phenoxy) is 1. The zero-order chi connectivity index (χ0) is 17.8. The topological polar surface area (TPSA) is 67.3 Å². The van der Waals surface area contributed by atoms with Gasteiger partial charge in [0, 0.05) is 69.5 Å². The Hall–Kier alpha value is -2.28. The van der Waals surface area contributed by atoms with Crippen LogP contribution >= 0.6 is 0 Å². The normalized spacial score (nSPS) is 19.0. The van der Waals surface area contributed by atoms with Crippen LogP contribution in [-0.2, 0) is 11.2 Å². The van der Waals surface area contributed by atoms with E-state index in [-0.39, 0.29) is 0 Å². The molecule has 0 unspecified atom stereocenters. The van der Waals surface area contributed by atoms with Crippen molar-refractivity contribution in [2.45, 2.75) is 32.1 Å². The van der Waals surface area contributed by atoms with Crippen LogP contribution < -0.4 is 9.80 Å². The Morgan fingerprint density at radius 3 is 2.35 bits per heavy atom. The van der Waals surface area contributed by atoms with Crippen LogP contribution in [-0.4, -0.2) is 59.3 Å². The molecule has 2 aromatic rings. The van der Waals surface area contributed by atoms with Crippen molar-refractivity contribution in [2.24, 2.45) is 0 Å². The number of anilines is 2. The van der Waals surface area contributed by atoms with Crippen molar-refractivity contribution < 1.29 is 4.74 Å². The third kappa shape index (κ3) is 3.77. The van der Waals surface area contributed by atoms with E-state index >= 15 is 0 Å². The first-order valence-corrected chi connectivity index (χ1v) is 9.54. The highest BCUT2D eigenvalue weighted by atomic mass is 16.5. The molecule has 2 aliphatic heterocycles. The number of aryl methyl sites for hydroxylation is 1. The smallest absolute Gasteiger partial charge is 0.225 e. The summed E-state index contributed by atoms with van der Waals surface area (Å²) in [5.41, 5.74) is 2.33. The molecule has 4 rings (SSSR count). The van der Waals surface area contributed by atoms with Crippen molar-refractivity contribution in [1.82, 2.24) is 19.9 Å². The zero-order valence-electron chi connectivity index (χ0n) is 15.3. The van der Waals surface area contributed by atoms with Crippen LogP contribution in [0.1, 0.15) is 36.9 Å². The van der Waals surface area contributed by atoms with Crippen LogP contribution in [0, 0.1) is 0 Å². The van der Waals surface area contributed by atoms with Crippen molar-refractivity contribution in [1.29, 1.82) is 0 Å². The highest BCUT2D eigenvalue weighted by Gasteiger charge is 2.22. The van der Waals surface area contributed by atoms with Gasteiger partial charge in [-0.3, -0.25) is 0 Å². The lowest BCUT2D eigenvalue weighted by molar-refractivity contribution is 0.0845. The van der Waals surface area contributed by atoms with Gasteiger partial charge in [-0.05, 0) is 24.8 Å². The first kappa shape index (κ1) is 17.1.